The van der Waals surface area contributed by atoms with Gasteiger partial charge in [-0.05, 0) is 32.2 Å². The fourth-order valence-electron chi connectivity index (χ4n) is 15.4. The van der Waals surface area contributed by atoms with Gasteiger partial charge in [0, 0.05) is 105 Å². The number of phosphoric acid groups is 2. The number of nitrogens with zero attached hydrogens (tertiary/aromatic N) is 14. The summed E-state index contributed by atoms with van der Waals surface area (Å²) in [6.45, 7) is 3.41. The maximum atomic E-state index is 15.3. The van der Waals surface area contributed by atoms with Crippen LogP contribution in [-0.2, 0) is 165 Å². The molecule has 0 aromatic carbocycles. The van der Waals surface area contributed by atoms with Crippen molar-refractivity contribution in [2.24, 2.45) is 0 Å². The van der Waals surface area contributed by atoms with Crippen LogP contribution < -0.4 is 31.5 Å². The summed E-state index contributed by atoms with van der Waals surface area (Å²) in [7, 11) is -8.34. The second-order valence-electron chi connectivity index (χ2n) is 33.0. The molecule has 9 rings (SSSR count). The second kappa shape index (κ2) is 58.6. The normalized spacial score (nSPS) is 28.1. The van der Waals surface area contributed by atoms with E-state index in [9.17, 15) is 99.4 Å². The van der Waals surface area contributed by atoms with E-state index in [0.717, 1.165) is 7.11 Å². The third-order valence-corrected chi connectivity index (χ3v) is 24.3. The summed E-state index contributed by atoms with van der Waals surface area (Å²) in [4.78, 5) is 89.9. The van der Waals surface area contributed by atoms with Crippen LogP contribution in [0.15, 0.2) is 24.8 Å². The van der Waals surface area contributed by atoms with Crippen LogP contribution in [0.3, 0.4) is 0 Å². The van der Waals surface area contributed by atoms with Gasteiger partial charge in [0.2, 0.25) is 29.5 Å². The standard InChI is InChI=1S/C78H135N19O38P2/c1-47(102)80-62-70(110)66(106)57(42-98)131-75(62)125-30-26-120-22-16-94-38-51(84-88-94)34-92(35-52-39-95(89-85-52)17-23-121-27-31-126-76-63(81-48(2)103)71(111)67(107)58(43-99)132-76)15-10-8-12-55(74(114)79-14-9-6-7-11-20-129-137(117,118)135-56-13-21-124-61(56)46-130-136(115,116)119-5)93(36-53-40-96(90-86-53)18-24-122-28-32-127-77-64(82-49(3)104)72(112)68(108)59(44-100)133-77)37-54-41-97(91-87-54)19-25-123-29-33-128-78-65(83-50(4)105)73(113)69(109)60(45-101)134-78/h38-41,55-73,75-78,98-101,106-113H,6-37,42-46H2,1-5H3,(H,79,114)(H,80,102)(H,81,103)(H,82,104)(H,83,105)(H,115,116)(H,117,118)/p-1/t55-,56-,57+,58+,59+,60+,61+,62+,63+,64+,65+,66-,67-,68-,69-,70+,71+,72+,73+,75+,76+,77+,78+/m0/s1. The zero-order valence-corrected chi connectivity index (χ0v) is 78.7. The number of hydrogen-bond acceptors (Lipinski definition) is 47. The average molecular weight is 2010 g/mol. The smallest absolute Gasteiger partial charge is 0.472 e. The lowest BCUT2D eigenvalue weighted by Crippen LogP contribution is -2.64. The van der Waals surface area contributed by atoms with Crippen molar-refractivity contribution in [2.45, 2.75) is 272 Å². The molecule has 2 unspecified atom stereocenters. The van der Waals surface area contributed by atoms with Crippen LogP contribution in [-0.4, -0.2) is 452 Å². The molecule has 4 aromatic heterocycles. The fourth-order valence-corrected chi connectivity index (χ4v) is 16.8. The predicted molar refractivity (Wildman–Crippen MR) is 457 cm³/mol. The van der Waals surface area contributed by atoms with E-state index < -0.39 is 213 Å². The van der Waals surface area contributed by atoms with Gasteiger partial charge < -0.3 is 168 Å². The first-order valence-electron chi connectivity index (χ1n) is 45.1. The molecule has 0 saturated carbocycles. The minimum Gasteiger partial charge on any atom is -0.756 e. The molecule has 780 valence electrons. The Labute approximate surface area is 788 Å². The van der Waals surface area contributed by atoms with Crippen molar-refractivity contribution >= 4 is 45.2 Å². The van der Waals surface area contributed by atoms with E-state index in [2.05, 4.69) is 77.3 Å². The summed E-state index contributed by atoms with van der Waals surface area (Å²) < 4.78 is 126. The second-order valence-corrected chi connectivity index (χ2v) is 35.9. The van der Waals surface area contributed by atoms with Crippen molar-refractivity contribution in [1.82, 2.24) is 96.4 Å². The van der Waals surface area contributed by atoms with Gasteiger partial charge in [0.15, 0.2) is 25.2 Å². The van der Waals surface area contributed by atoms with Crippen LogP contribution in [0, 0.1) is 0 Å². The quantitative estimate of drug-likeness (QED) is 0.0144. The van der Waals surface area contributed by atoms with E-state index in [4.69, 9.17) is 75.2 Å². The summed E-state index contributed by atoms with van der Waals surface area (Å²) in [5, 5.41) is 173. The first-order valence-corrected chi connectivity index (χ1v) is 48.1. The topological polar surface area (TPSA) is 752 Å². The highest BCUT2D eigenvalue weighted by Crippen LogP contribution is 2.46. The Morgan fingerprint density at radius 3 is 1.15 bits per heavy atom. The van der Waals surface area contributed by atoms with Gasteiger partial charge in [-0.3, -0.25) is 47.4 Å². The number of nitrogens with one attached hydrogen (secondary N) is 5. The van der Waals surface area contributed by atoms with Crippen molar-refractivity contribution in [3.05, 3.63) is 47.6 Å². The first-order chi connectivity index (χ1) is 65.7. The Hall–Kier alpha value is -6.95. The van der Waals surface area contributed by atoms with Gasteiger partial charge in [-0.1, -0.05) is 40.1 Å². The molecule has 5 aliphatic rings. The van der Waals surface area contributed by atoms with E-state index >= 15 is 4.79 Å². The molecule has 0 aliphatic carbocycles. The van der Waals surface area contributed by atoms with Gasteiger partial charge >= 0.3 is 7.82 Å². The molecule has 5 saturated heterocycles. The molecular formula is C78H134N19O38P2-. The number of rotatable bonds is 65. The third kappa shape index (κ3) is 37.4. The number of aromatic nitrogens is 12. The molecule has 4 aromatic rings. The Morgan fingerprint density at radius 2 is 0.810 bits per heavy atom. The van der Waals surface area contributed by atoms with Gasteiger partial charge in [0.05, 0.1) is 180 Å². The van der Waals surface area contributed by atoms with E-state index in [1.165, 1.54) is 37.1 Å². The summed E-state index contributed by atoms with van der Waals surface area (Å²) in [6, 6.07) is -5.60. The largest absolute Gasteiger partial charge is 0.756 e. The van der Waals surface area contributed by atoms with Gasteiger partial charge in [-0.2, -0.15) is 0 Å². The van der Waals surface area contributed by atoms with Gasteiger partial charge in [-0.15, -0.1) is 20.4 Å². The number of unbranched alkanes of at least 4 members (excludes halogenated alkanes) is 4. The van der Waals surface area contributed by atoms with Crippen LogP contribution in [0.1, 0.15) is 102 Å². The lowest BCUT2D eigenvalue weighted by atomic mass is 9.97. The van der Waals surface area contributed by atoms with E-state index in [-0.39, 0.29) is 177 Å². The highest BCUT2D eigenvalue weighted by molar-refractivity contribution is 7.47. The Bertz CT molecular complexity index is 4090. The monoisotopic (exact) mass is 2010 g/mol. The number of aliphatic hydroxyl groups excluding tert-OH is 12. The van der Waals surface area contributed by atoms with Crippen molar-refractivity contribution < 1.29 is 184 Å². The average Bonchev–Trinajstić information content (AvgIpc) is 1.53. The van der Waals surface area contributed by atoms with Crippen molar-refractivity contribution in [1.29, 1.82) is 0 Å². The molecule has 137 heavy (non-hydrogen) atoms. The summed E-state index contributed by atoms with van der Waals surface area (Å²) in [6.07, 6.45) is -14.3. The Balaban J connectivity index is 0.898. The third-order valence-electron chi connectivity index (χ3n) is 22.4. The van der Waals surface area contributed by atoms with Gasteiger partial charge in [0.1, 0.15) is 104 Å². The minimum absolute atomic E-state index is 0.00259. The maximum Gasteiger partial charge on any atom is 0.472 e. The van der Waals surface area contributed by atoms with E-state index in [1.54, 1.807) is 34.2 Å². The number of ether oxygens (including phenoxy) is 13. The maximum absolute atomic E-state index is 15.3. The summed E-state index contributed by atoms with van der Waals surface area (Å²) in [5.74, 6) is -2.49. The number of hydrogen-bond donors (Lipinski definition) is 18. The van der Waals surface area contributed by atoms with Crippen molar-refractivity contribution in [3.63, 3.8) is 0 Å². The van der Waals surface area contributed by atoms with E-state index in [1.807, 2.05) is 4.90 Å². The van der Waals surface area contributed by atoms with Crippen LogP contribution in [0.4, 0.5) is 0 Å². The van der Waals surface area contributed by atoms with Crippen LogP contribution >= 0.6 is 15.6 Å². The molecule has 25 atom stereocenters. The molecule has 5 aliphatic heterocycles. The number of phosphoric ester groups is 2. The molecule has 18 N–H and O–H groups in total. The summed E-state index contributed by atoms with van der Waals surface area (Å²) in [5.41, 5.74) is 1.90. The Kier molecular flexibility index (Phi) is 48.6. The lowest BCUT2D eigenvalue weighted by molar-refractivity contribution is -0.272. The van der Waals surface area contributed by atoms with Crippen molar-refractivity contribution in [3.8, 4) is 0 Å². The lowest BCUT2D eigenvalue weighted by Gasteiger charge is -2.42. The number of carbonyl (C=O) groups is 5. The molecule has 5 amide bonds. The van der Waals surface area contributed by atoms with Crippen LogP contribution in [0.5, 0.6) is 0 Å². The molecule has 59 heteroatoms. The fraction of sp³-hybridized carbons (Fsp3) is 0.833. The SMILES string of the molecule is COP(=O)(O)OC[C@H]1OCC[C@@H]1OP(=O)([O-])OCCCCCCNC(=O)[C@H](CCCCN(Cc1cn(CCOCCO[C@@H]2O[C@H](CO)[C@H](O)[C@H](O)[C@H]2NC(C)=O)nn1)Cc1cn(CCOCCO[C@@H]2O[C@H](CO)[C@H](O)[C@H](O)[C@H]2NC(C)=O)nn1)N(Cc1cn(CCOCCO[C@@H]2O[C@H](CO)[C@H](O)[C@H](O)[C@H]2NC(C)=O)nn1)Cc1cn(CCOCCO[C@@H]2O[C@H](CO)[C@H](O)[C@H](O)[C@H]2NC(C)=O)nn1. The molecule has 0 bridgehead atoms. The highest BCUT2D eigenvalue weighted by Gasteiger charge is 2.50. The zero-order valence-electron chi connectivity index (χ0n) is 76.9. The summed E-state index contributed by atoms with van der Waals surface area (Å²) >= 11 is 0. The predicted octanol–water partition coefficient (Wildman–Crippen LogP) is -9.70. The van der Waals surface area contributed by atoms with E-state index in [0.29, 0.717) is 61.4 Å². The van der Waals surface area contributed by atoms with Crippen LogP contribution in [0.25, 0.3) is 0 Å². The molecule has 0 spiro atoms. The highest BCUT2D eigenvalue weighted by atomic mass is 31.2. The van der Waals surface area contributed by atoms with Crippen molar-refractivity contribution in [2.75, 3.05) is 146 Å². The molecule has 57 nitrogen and oxygen atoms in total. The van der Waals surface area contributed by atoms with Crippen LogP contribution in [0.2, 0.25) is 0 Å². The number of amides is 5. The molecule has 9 heterocycles. The Morgan fingerprint density at radius 1 is 0.460 bits per heavy atom. The number of aliphatic hydroxyl groups is 12. The molecular weight excluding hydrogens is 1870 g/mol. The molecule has 5 fully saturated rings. The first kappa shape index (κ1) is 114. The zero-order chi connectivity index (χ0) is 99.1. The minimum atomic E-state index is -4.90. The number of carbonyl (C=O) groups excluding carboxylic acids is 5. The molecule has 0 radical (unpaired) electrons. The van der Waals surface area contributed by atoms with Gasteiger partial charge in [0.25, 0.3) is 7.82 Å². The van der Waals surface area contributed by atoms with Gasteiger partial charge in [-0.25, -0.2) is 23.3 Å².